The van der Waals surface area contributed by atoms with E-state index in [1.165, 1.54) is 24.3 Å². The number of amides is 1. The van der Waals surface area contributed by atoms with Gasteiger partial charge < -0.3 is 5.32 Å². The van der Waals surface area contributed by atoms with E-state index in [4.69, 9.17) is 0 Å². The van der Waals surface area contributed by atoms with Crippen molar-refractivity contribution in [2.24, 2.45) is 0 Å². The molecule has 1 aliphatic carbocycles. The van der Waals surface area contributed by atoms with Crippen molar-refractivity contribution in [2.45, 2.75) is 42.4 Å². The van der Waals surface area contributed by atoms with Crippen molar-refractivity contribution in [1.82, 2.24) is 10.6 Å². The fraction of sp³-hybridized carbons (Fsp3) is 0.348. The summed E-state index contributed by atoms with van der Waals surface area (Å²) in [5.74, 6) is -3.57. The Bertz CT molecular complexity index is 1280. The average Bonchev–Trinajstić information content (AvgIpc) is 3.56. The molecule has 0 spiro atoms. The maximum absolute atomic E-state index is 13.9. The molecule has 184 valence electrons. The zero-order valence-corrected chi connectivity index (χ0v) is 19.0. The highest BCUT2D eigenvalue weighted by molar-refractivity contribution is 7.90. The van der Waals surface area contributed by atoms with Crippen LogP contribution in [0.5, 0.6) is 0 Å². The summed E-state index contributed by atoms with van der Waals surface area (Å²) < 4.78 is 80.8. The van der Waals surface area contributed by atoms with Gasteiger partial charge in [-0.05, 0) is 42.2 Å². The molecule has 35 heavy (non-hydrogen) atoms. The van der Waals surface area contributed by atoms with Crippen LogP contribution in [-0.4, -0.2) is 37.8 Å². The Kier molecular flexibility index (Phi) is 7.48. The highest BCUT2D eigenvalue weighted by Crippen LogP contribution is 2.36. The van der Waals surface area contributed by atoms with Gasteiger partial charge in [0.1, 0.15) is 23.4 Å². The number of nitrogens with one attached hydrogen (secondary N) is 2. The minimum atomic E-state index is -4.96. The second kappa shape index (κ2) is 10.0. The Morgan fingerprint density at radius 1 is 1.09 bits per heavy atom. The van der Waals surface area contributed by atoms with Gasteiger partial charge in [-0.3, -0.25) is 10.1 Å². The van der Waals surface area contributed by atoms with Gasteiger partial charge >= 0.3 is 6.18 Å². The fourth-order valence-electron chi connectivity index (χ4n) is 3.45. The highest BCUT2D eigenvalue weighted by Gasteiger charge is 2.48. The van der Waals surface area contributed by atoms with Crippen molar-refractivity contribution in [1.29, 1.82) is 10.5 Å². The summed E-state index contributed by atoms with van der Waals surface area (Å²) in [4.78, 5) is 12.9. The molecular formula is C23H20F4N4O3S. The number of carbonyl (C=O) groups is 1. The molecule has 1 fully saturated rings. The van der Waals surface area contributed by atoms with Gasteiger partial charge in [-0.15, -0.1) is 0 Å². The van der Waals surface area contributed by atoms with Gasteiger partial charge in [0.2, 0.25) is 5.91 Å². The number of nitrogens with zero attached hydrogens (tertiary/aromatic N) is 2. The molecule has 2 aromatic rings. The molecule has 0 aromatic heterocycles. The van der Waals surface area contributed by atoms with E-state index in [1.807, 2.05) is 12.1 Å². The molecule has 0 saturated heterocycles. The summed E-state index contributed by atoms with van der Waals surface area (Å²) in [6.07, 6.45) is -4.39. The molecule has 2 aromatic carbocycles. The number of alkyl halides is 3. The molecule has 3 rings (SSSR count). The Morgan fingerprint density at radius 3 is 2.26 bits per heavy atom. The van der Waals surface area contributed by atoms with Crippen molar-refractivity contribution in [3.05, 3.63) is 71.0 Å². The molecule has 2 atom stereocenters. The molecule has 0 radical (unpaired) electrons. The predicted molar refractivity (Wildman–Crippen MR) is 116 cm³/mol. The maximum Gasteiger partial charge on any atom is 0.407 e. The van der Waals surface area contributed by atoms with Crippen LogP contribution in [0, 0.1) is 28.5 Å². The number of halogens is 4. The highest BCUT2D eigenvalue weighted by atomic mass is 32.2. The van der Waals surface area contributed by atoms with Crippen molar-refractivity contribution in [3.8, 4) is 12.1 Å². The van der Waals surface area contributed by atoms with Crippen molar-refractivity contribution in [3.63, 3.8) is 0 Å². The van der Waals surface area contributed by atoms with Gasteiger partial charge in [-0.1, -0.05) is 30.3 Å². The van der Waals surface area contributed by atoms with E-state index in [9.17, 15) is 41.3 Å². The molecule has 1 aliphatic rings. The van der Waals surface area contributed by atoms with E-state index in [0.29, 0.717) is 0 Å². The first-order valence-electron chi connectivity index (χ1n) is 10.4. The average molecular weight is 508 g/mol. The van der Waals surface area contributed by atoms with Crippen LogP contribution in [-0.2, 0) is 20.4 Å². The van der Waals surface area contributed by atoms with Gasteiger partial charge in [0.15, 0.2) is 9.84 Å². The van der Waals surface area contributed by atoms with Crippen LogP contribution in [0.3, 0.4) is 0 Å². The number of rotatable bonds is 9. The van der Waals surface area contributed by atoms with Gasteiger partial charge in [0.25, 0.3) is 0 Å². The third-order valence-electron chi connectivity index (χ3n) is 5.48. The van der Waals surface area contributed by atoms with Crippen LogP contribution in [0.4, 0.5) is 17.6 Å². The molecule has 0 heterocycles. The number of hydrogen-bond acceptors (Lipinski definition) is 6. The van der Waals surface area contributed by atoms with E-state index in [1.54, 1.807) is 0 Å². The zero-order chi connectivity index (χ0) is 25.9. The Balaban J connectivity index is 1.92. The second-order valence-corrected chi connectivity index (χ2v) is 10.4. The van der Waals surface area contributed by atoms with E-state index in [2.05, 4.69) is 10.6 Å². The lowest BCUT2D eigenvalue weighted by atomic mass is 10.0. The third-order valence-corrected chi connectivity index (χ3v) is 7.07. The Labute approximate surface area is 199 Å². The monoisotopic (exact) mass is 508 g/mol. The molecule has 0 unspecified atom stereocenters. The Morgan fingerprint density at radius 2 is 1.71 bits per heavy atom. The molecule has 1 saturated carbocycles. The van der Waals surface area contributed by atoms with Crippen LogP contribution >= 0.6 is 0 Å². The lowest BCUT2D eigenvalue weighted by Crippen LogP contribution is -2.54. The molecule has 1 amide bonds. The molecule has 12 heteroatoms. The smallest absolute Gasteiger partial charge is 0.336 e. The molecule has 7 nitrogen and oxygen atoms in total. The number of carbonyl (C=O) groups excluding carboxylic acids is 1. The lowest BCUT2D eigenvalue weighted by Gasteiger charge is -2.28. The lowest BCUT2D eigenvalue weighted by molar-refractivity contribution is -0.160. The number of nitriles is 2. The topological polar surface area (TPSA) is 123 Å². The minimum Gasteiger partial charge on any atom is -0.336 e. The Hall–Kier alpha value is -3.48. The minimum absolute atomic E-state index is 0.0749. The van der Waals surface area contributed by atoms with Gasteiger partial charge in [0.05, 0.1) is 29.2 Å². The summed E-state index contributed by atoms with van der Waals surface area (Å²) >= 11 is 0. The van der Waals surface area contributed by atoms with E-state index in [0.717, 1.165) is 24.3 Å². The normalized spacial score (nSPS) is 16.4. The predicted octanol–water partition coefficient (Wildman–Crippen LogP) is 3.05. The second-order valence-electron chi connectivity index (χ2n) is 8.25. The van der Waals surface area contributed by atoms with Crippen LogP contribution in [0.2, 0.25) is 0 Å². The summed E-state index contributed by atoms with van der Waals surface area (Å²) in [5, 5.41) is 22.8. The largest absolute Gasteiger partial charge is 0.407 e. The number of sulfone groups is 1. The summed E-state index contributed by atoms with van der Waals surface area (Å²) in [5.41, 5.74) is -1.47. The van der Waals surface area contributed by atoms with E-state index < -0.39 is 62.4 Å². The van der Waals surface area contributed by atoms with Crippen LogP contribution < -0.4 is 10.6 Å². The van der Waals surface area contributed by atoms with Crippen molar-refractivity contribution >= 4 is 15.7 Å². The van der Waals surface area contributed by atoms with E-state index >= 15 is 0 Å². The first-order valence-corrected chi connectivity index (χ1v) is 12.2. The number of benzene rings is 2. The van der Waals surface area contributed by atoms with Gasteiger partial charge in [0, 0.05) is 0 Å². The standard InChI is InChI=1S/C23H20F4N4O3S/c24-18-7-5-15(6-8-18)20(23(25,26)27)30-19(21(32)31-22(14-29)9-10-22)13-35(33,34)12-17-4-2-1-3-16(17)11-28/h1-8,19-20,30H,9-10,12-13H2,(H,31,32)/t19-,20-/m0/s1. The van der Waals surface area contributed by atoms with Crippen LogP contribution in [0.1, 0.15) is 35.6 Å². The summed E-state index contributed by atoms with van der Waals surface area (Å²) in [6, 6.07) is 8.54. The van der Waals surface area contributed by atoms with Crippen LogP contribution in [0.25, 0.3) is 0 Å². The number of hydrogen-bond donors (Lipinski definition) is 2. The molecular weight excluding hydrogens is 488 g/mol. The fourth-order valence-corrected chi connectivity index (χ4v) is 5.05. The van der Waals surface area contributed by atoms with Gasteiger partial charge in [-0.25, -0.2) is 12.8 Å². The maximum atomic E-state index is 13.9. The van der Waals surface area contributed by atoms with Gasteiger partial charge in [-0.2, -0.15) is 23.7 Å². The molecule has 2 N–H and O–H groups in total. The first kappa shape index (κ1) is 26.1. The SMILES string of the molecule is N#Cc1ccccc1CS(=O)(=O)C[C@H](N[C@@H](c1ccc(F)cc1)C(F)(F)F)C(=O)NC1(C#N)CC1. The van der Waals surface area contributed by atoms with Crippen molar-refractivity contribution < 1.29 is 30.8 Å². The zero-order valence-electron chi connectivity index (χ0n) is 18.1. The summed E-state index contributed by atoms with van der Waals surface area (Å²) in [7, 11) is -4.22. The molecule has 0 bridgehead atoms. The summed E-state index contributed by atoms with van der Waals surface area (Å²) in [6.45, 7) is 0. The first-order chi connectivity index (χ1) is 16.4. The quantitative estimate of drug-likeness (QED) is 0.502. The van der Waals surface area contributed by atoms with Crippen molar-refractivity contribution in [2.75, 3.05) is 5.75 Å². The van der Waals surface area contributed by atoms with Crippen LogP contribution in [0.15, 0.2) is 48.5 Å². The van der Waals surface area contributed by atoms with E-state index in [-0.39, 0.29) is 24.0 Å². The molecule has 0 aliphatic heterocycles. The third kappa shape index (κ3) is 6.78.